The van der Waals surface area contributed by atoms with E-state index in [-0.39, 0.29) is 13.0 Å². The van der Waals surface area contributed by atoms with Gasteiger partial charge in [-0.05, 0) is 6.42 Å². The minimum Gasteiger partial charge on any atom is -0.352 e. The van der Waals surface area contributed by atoms with Crippen LogP contribution >= 0.6 is 0 Å². The summed E-state index contributed by atoms with van der Waals surface area (Å²) in [5.74, 6) is 0.519. The molecule has 0 saturated carbocycles. The molecule has 1 aliphatic heterocycles. The first kappa shape index (κ1) is 9.93. The summed E-state index contributed by atoms with van der Waals surface area (Å²) in [7, 11) is 0. The smallest absolute Gasteiger partial charge is 0.160 e. The Labute approximate surface area is 73.0 Å². The second kappa shape index (κ2) is 5.49. The Morgan fingerprint density at radius 1 is 1.25 bits per heavy atom. The molecule has 0 aromatic carbocycles. The van der Waals surface area contributed by atoms with Gasteiger partial charge in [0.2, 0.25) is 0 Å². The minimum atomic E-state index is -0.358. The highest BCUT2D eigenvalue weighted by Gasteiger charge is 2.20. The molecule has 1 aliphatic rings. The van der Waals surface area contributed by atoms with Crippen LogP contribution in [0.2, 0.25) is 0 Å². The van der Waals surface area contributed by atoms with Crippen molar-refractivity contribution in [1.29, 1.82) is 0 Å². The van der Waals surface area contributed by atoms with Crippen LogP contribution in [0.4, 0.5) is 4.39 Å². The van der Waals surface area contributed by atoms with E-state index in [9.17, 15) is 4.39 Å². The molecule has 1 saturated heterocycles. The SMILES string of the molecule is CCCC1COC(CCF)OC1. The van der Waals surface area contributed by atoms with Crippen LogP contribution in [-0.4, -0.2) is 26.2 Å². The first-order valence-electron chi connectivity index (χ1n) is 4.66. The summed E-state index contributed by atoms with van der Waals surface area (Å²) in [5.41, 5.74) is 0. The first-order chi connectivity index (χ1) is 5.86. The maximum absolute atomic E-state index is 11.9. The number of halogens is 1. The molecular formula is C9H17FO2. The molecule has 0 N–H and O–H groups in total. The Hall–Kier alpha value is -0.150. The normalized spacial score (nSPS) is 30.5. The van der Waals surface area contributed by atoms with Crippen LogP contribution in [0.3, 0.4) is 0 Å². The molecule has 0 bridgehead atoms. The average Bonchev–Trinajstić information content (AvgIpc) is 2.09. The van der Waals surface area contributed by atoms with Crippen molar-refractivity contribution in [2.75, 3.05) is 19.9 Å². The van der Waals surface area contributed by atoms with Crippen LogP contribution in [0.1, 0.15) is 26.2 Å². The molecule has 1 heterocycles. The lowest BCUT2D eigenvalue weighted by Gasteiger charge is -2.28. The van der Waals surface area contributed by atoms with E-state index in [1.807, 2.05) is 0 Å². The van der Waals surface area contributed by atoms with E-state index in [0.717, 1.165) is 26.1 Å². The zero-order chi connectivity index (χ0) is 8.81. The standard InChI is InChI=1S/C9H17FO2/c1-2-3-8-6-11-9(4-5-10)12-7-8/h8-9H,2-7H2,1H3. The van der Waals surface area contributed by atoms with E-state index in [2.05, 4.69) is 6.92 Å². The van der Waals surface area contributed by atoms with Crippen LogP contribution in [0, 0.1) is 5.92 Å². The van der Waals surface area contributed by atoms with Gasteiger partial charge in [-0.2, -0.15) is 0 Å². The van der Waals surface area contributed by atoms with Gasteiger partial charge in [-0.15, -0.1) is 0 Å². The summed E-state index contributed by atoms with van der Waals surface area (Å²) in [4.78, 5) is 0. The average molecular weight is 176 g/mol. The highest BCUT2D eigenvalue weighted by molar-refractivity contribution is 4.62. The molecule has 0 aliphatic carbocycles. The number of alkyl halides is 1. The van der Waals surface area contributed by atoms with Crippen molar-refractivity contribution < 1.29 is 13.9 Å². The van der Waals surface area contributed by atoms with Gasteiger partial charge < -0.3 is 9.47 Å². The van der Waals surface area contributed by atoms with Crippen LogP contribution in [0.15, 0.2) is 0 Å². The van der Waals surface area contributed by atoms with Gasteiger partial charge >= 0.3 is 0 Å². The number of rotatable bonds is 4. The molecule has 0 radical (unpaired) electrons. The van der Waals surface area contributed by atoms with Gasteiger partial charge in [0.25, 0.3) is 0 Å². The third-order valence-electron chi connectivity index (χ3n) is 2.08. The molecule has 2 nitrogen and oxygen atoms in total. The van der Waals surface area contributed by atoms with E-state index >= 15 is 0 Å². The van der Waals surface area contributed by atoms with Crippen molar-refractivity contribution in [3.8, 4) is 0 Å². The zero-order valence-corrected chi connectivity index (χ0v) is 7.59. The second-order valence-electron chi connectivity index (χ2n) is 3.23. The topological polar surface area (TPSA) is 18.5 Å². The number of hydrogen-bond acceptors (Lipinski definition) is 2. The molecule has 0 amide bonds. The molecular weight excluding hydrogens is 159 g/mol. The summed E-state index contributed by atoms with van der Waals surface area (Å²) >= 11 is 0. The Kier molecular flexibility index (Phi) is 4.54. The van der Waals surface area contributed by atoms with Gasteiger partial charge in [0.15, 0.2) is 6.29 Å². The predicted octanol–water partition coefficient (Wildman–Crippen LogP) is 2.14. The van der Waals surface area contributed by atoms with Crippen LogP contribution in [-0.2, 0) is 9.47 Å². The lowest BCUT2D eigenvalue weighted by molar-refractivity contribution is -0.204. The summed E-state index contributed by atoms with van der Waals surface area (Å²) in [6, 6.07) is 0. The Bertz CT molecular complexity index is 97.1. The maximum Gasteiger partial charge on any atom is 0.160 e. The highest BCUT2D eigenvalue weighted by Crippen LogP contribution is 2.17. The molecule has 0 atom stereocenters. The molecule has 0 spiro atoms. The highest BCUT2D eigenvalue weighted by atomic mass is 19.1. The van der Waals surface area contributed by atoms with E-state index in [0.29, 0.717) is 12.3 Å². The first-order valence-corrected chi connectivity index (χ1v) is 4.66. The summed E-state index contributed by atoms with van der Waals surface area (Å²) in [6.07, 6.45) is 2.38. The van der Waals surface area contributed by atoms with E-state index in [4.69, 9.17) is 9.47 Å². The van der Waals surface area contributed by atoms with E-state index in [1.165, 1.54) is 0 Å². The Balaban J connectivity index is 2.11. The van der Waals surface area contributed by atoms with Gasteiger partial charge in [-0.25, -0.2) is 0 Å². The monoisotopic (exact) mass is 176 g/mol. The molecule has 72 valence electrons. The molecule has 0 aromatic heterocycles. The summed E-state index contributed by atoms with van der Waals surface area (Å²) < 4.78 is 22.5. The predicted molar refractivity (Wildman–Crippen MR) is 44.7 cm³/mol. The third kappa shape index (κ3) is 3.07. The summed E-state index contributed by atoms with van der Waals surface area (Å²) in [6.45, 7) is 3.26. The molecule has 1 fully saturated rings. The van der Waals surface area contributed by atoms with E-state index in [1.54, 1.807) is 0 Å². The number of ether oxygens (including phenoxy) is 2. The quantitative estimate of drug-likeness (QED) is 0.653. The molecule has 1 rings (SSSR count). The van der Waals surface area contributed by atoms with Crippen molar-refractivity contribution >= 4 is 0 Å². The fraction of sp³-hybridized carbons (Fsp3) is 1.00. The maximum atomic E-state index is 11.9. The van der Waals surface area contributed by atoms with Crippen LogP contribution in [0.25, 0.3) is 0 Å². The van der Waals surface area contributed by atoms with Crippen molar-refractivity contribution in [3.05, 3.63) is 0 Å². The Morgan fingerprint density at radius 3 is 2.42 bits per heavy atom. The largest absolute Gasteiger partial charge is 0.352 e. The van der Waals surface area contributed by atoms with Crippen LogP contribution < -0.4 is 0 Å². The van der Waals surface area contributed by atoms with E-state index < -0.39 is 0 Å². The molecule has 0 aromatic rings. The Morgan fingerprint density at radius 2 is 1.92 bits per heavy atom. The van der Waals surface area contributed by atoms with Crippen molar-refractivity contribution in [2.45, 2.75) is 32.5 Å². The van der Waals surface area contributed by atoms with Crippen LogP contribution in [0.5, 0.6) is 0 Å². The van der Waals surface area contributed by atoms with Gasteiger partial charge in [0.1, 0.15) is 0 Å². The molecule has 3 heteroatoms. The minimum absolute atomic E-state index is 0.289. The fourth-order valence-electron chi connectivity index (χ4n) is 1.41. The lowest BCUT2D eigenvalue weighted by atomic mass is 10.1. The van der Waals surface area contributed by atoms with Gasteiger partial charge in [0, 0.05) is 12.3 Å². The summed E-state index contributed by atoms with van der Waals surface area (Å²) in [5, 5.41) is 0. The lowest BCUT2D eigenvalue weighted by Crippen LogP contribution is -2.32. The second-order valence-corrected chi connectivity index (χ2v) is 3.23. The van der Waals surface area contributed by atoms with Gasteiger partial charge in [-0.1, -0.05) is 13.3 Å². The molecule has 0 unspecified atom stereocenters. The van der Waals surface area contributed by atoms with Crippen molar-refractivity contribution in [2.24, 2.45) is 5.92 Å². The van der Waals surface area contributed by atoms with Crippen molar-refractivity contribution in [3.63, 3.8) is 0 Å². The molecule has 12 heavy (non-hydrogen) atoms. The van der Waals surface area contributed by atoms with Gasteiger partial charge in [-0.3, -0.25) is 4.39 Å². The zero-order valence-electron chi connectivity index (χ0n) is 7.59. The fourth-order valence-corrected chi connectivity index (χ4v) is 1.41. The van der Waals surface area contributed by atoms with Gasteiger partial charge in [0.05, 0.1) is 19.9 Å². The van der Waals surface area contributed by atoms with Crippen molar-refractivity contribution in [1.82, 2.24) is 0 Å². The number of hydrogen-bond donors (Lipinski definition) is 0. The third-order valence-corrected chi connectivity index (χ3v) is 2.08.